The van der Waals surface area contributed by atoms with Crippen LogP contribution in [-0.4, -0.2) is 24.5 Å². The monoisotopic (exact) mass is 466 g/mol. The molecule has 0 aromatic heterocycles. The molecule has 0 saturated carbocycles. The molecule has 0 atom stereocenters. The molecule has 3 rings (SSSR count). The number of carbonyl (C=O) groups is 3. The van der Waals surface area contributed by atoms with Crippen LogP contribution in [0.5, 0.6) is 5.75 Å². The van der Waals surface area contributed by atoms with E-state index < -0.39 is 17.8 Å². The van der Waals surface area contributed by atoms with Gasteiger partial charge in [0.1, 0.15) is 5.57 Å². The first-order chi connectivity index (χ1) is 14.2. The molecule has 4 amide bonds. The van der Waals surface area contributed by atoms with Crippen LogP contribution in [0.15, 0.2) is 35.9 Å². The number of carbonyl (C=O) groups excluding carboxylic acids is 3. The highest BCUT2D eigenvalue weighted by Crippen LogP contribution is 2.35. The van der Waals surface area contributed by atoms with Crippen molar-refractivity contribution >= 4 is 64.4 Å². The van der Waals surface area contributed by atoms with Gasteiger partial charge in [-0.1, -0.05) is 47.8 Å². The molecular formula is C21H17Cl3N2O4. The van der Waals surface area contributed by atoms with Crippen molar-refractivity contribution in [2.45, 2.75) is 20.3 Å². The van der Waals surface area contributed by atoms with Crippen molar-refractivity contribution in [1.29, 1.82) is 0 Å². The Balaban J connectivity index is 2.02. The molecule has 9 heteroatoms. The summed E-state index contributed by atoms with van der Waals surface area (Å²) in [6.45, 7) is 4.06. The molecular weight excluding hydrogens is 451 g/mol. The molecule has 30 heavy (non-hydrogen) atoms. The third-order valence-electron chi connectivity index (χ3n) is 4.36. The van der Waals surface area contributed by atoms with Gasteiger partial charge in [0.2, 0.25) is 0 Å². The third kappa shape index (κ3) is 4.31. The zero-order valence-corrected chi connectivity index (χ0v) is 18.4. The molecule has 1 N–H and O–H groups in total. The van der Waals surface area contributed by atoms with Gasteiger partial charge in [-0.2, -0.15) is 0 Å². The summed E-state index contributed by atoms with van der Waals surface area (Å²) < 4.78 is 5.52. The summed E-state index contributed by atoms with van der Waals surface area (Å²) in [6, 6.07) is 7.02. The van der Waals surface area contributed by atoms with Crippen LogP contribution in [0, 0.1) is 6.92 Å². The van der Waals surface area contributed by atoms with Crippen molar-refractivity contribution < 1.29 is 19.1 Å². The molecule has 1 aliphatic rings. The van der Waals surface area contributed by atoms with Crippen LogP contribution >= 0.6 is 34.8 Å². The Morgan fingerprint density at radius 2 is 1.73 bits per heavy atom. The first kappa shape index (κ1) is 22.2. The van der Waals surface area contributed by atoms with Crippen LogP contribution in [-0.2, 0) is 9.59 Å². The lowest BCUT2D eigenvalue weighted by atomic mass is 10.1. The number of barbiturate groups is 1. The summed E-state index contributed by atoms with van der Waals surface area (Å²) in [6.07, 6.45) is 2.10. The van der Waals surface area contributed by atoms with Crippen LogP contribution in [0.3, 0.4) is 0 Å². The molecule has 0 radical (unpaired) electrons. The molecule has 1 heterocycles. The number of amides is 4. The molecule has 2 aromatic rings. The fourth-order valence-electron chi connectivity index (χ4n) is 2.89. The minimum Gasteiger partial charge on any atom is -0.490 e. The fourth-order valence-corrected chi connectivity index (χ4v) is 3.67. The van der Waals surface area contributed by atoms with Gasteiger partial charge in [-0.15, -0.1) is 0 Å². The highest BCUT2D eigenvalue weighted by molar-refractivity contribution is 6.40. The number of nitrogens with zero attached hydrogens (tertiary/aromatic N) is 1. The highest BCUT2D eigenvalue weighted by atomic mass is 35.5. The SMILES string of the molecule is CCCOc1c(Cl)cc(/C=C2\C(=O)NC(=O)N(c3cccc(Cl)c3C)C2=O)cc1Cl. The number of ether oxygens (including phenoxy) is 1. The summed E-state index contributed by atoms with van der Waals surface area (Å²) in [5, 5.41) is 3.04. The molecule has 0 unspecified atom stereocenters. The van der Waals surface area contributed by atoms with E-state index in [-0.39, 0.29) is 21.3 Å². The van der Waals surface area contributed by atoms with Crippen molar-refractivity contribution in [3.8, 4) is 5.75 Å². The highest BCUT2D eigenvalue weighted by Gasteiger charge is 2.37. The van der Waals surface area contributed by atoms with E-state index in [1.807, 2.05) is 6.92 Å². The summed E-state index contributed by atoms with van der Waals surface area (Å²) in [5.74, 6) is -1.28. The van der Waals surface area contributed by atoms with E-state index in [1.54, 1.807) is 25.1 Å². The number of anilines is 1. The Kier molecular flexibility index (Phi) is 6.71. The molecule has 0 aliphatic carbocycles. The van der Waals surface area contributed by atoms with Gasteiger partial charge >= 0.3 is 6.03 Å². The van der Waals surface area contributed by atoms with Gasteiger partial charge in [0.15, 0.2) is 5.75 Å². The number of hydrogen-bond acceptors (Lipinski definition) is 4. The normalized spacial score (nSPS) is 15.6. The van der Waals surface area contributed by atoms with E-state index in [9.17, 15) is 14.4 Å². The standard InChI is InChI=1S/C21H17Cl3N2O4/c1-3-7-30-18-15(23)9-12(10-16(18)24)8-13-19(27)25-21(29)26(20(13)28)17-6-4-5-14(22)11(17)2/h4-6,8-10H,3,7H2,1-2H3,(H,25,27,29)/b13-8+. The Morgan fingerprint density at radius 1 is 1.07 bits per heavy atom. The molecule has 2 aromatic carbocycles. The second-order valence-electron chi connectivity index (χ2n) is 6.50. The van der Waals surface area contributed by atoms with Crippen LogP contribution < -0.4 is 15.0 Å². The van der Waals surface area contributed by atoms with Gasteiger partial charge in [0, 0.05) is 5.02 Å². The Hall–Kier alpha value is -2.54. The van der Waals surface area contributed by atoms with E-state index in [4.69, 9.17) is 39.5 Å². The smallest absolute Gasteiger partial charge is 0.335 e. The Bertz CT molecular complexity index is 1060. The summed E-state index contributed by atoms with van der Waals surface area (Å²) in [5.41, 5.74) is 0.968. The first-order valence-corrected chi connectivity index (χ1v) is 10.2. The second kappa shape index (κ2) is 9.08. The van der Waals surface area contributed by atoms with E-state index in [0.29, 0.717) is 28.5 Å². The lowest BCUT2D eigenvalue weighted by Crippen LogP contribution is -2.54. The number of nitrogens with one attached hydrogen (secondary N) is 1. The summed E-state index contributed by atoms with van der Waals surface area (Å²) in [7, 11) is 0. The molecule has 156 valence electrons. The summed E-state index contributed by atoms with van der Waals surface area (Å²) >= 11 is 18.6. The third-order valence-corrected chi connectivity index (χ3v) is 5.33. The van der Waals surface area contributed by atoms with Crippen LogP contribution in [0.1, 0.15) is 24.5 Å². The topological polar surface area (TPSA) is 75.7 Å². The number of urea groups is 1. The van der Waals surface area contributed by atoms with E-state index in [0.717, 1.165) is 11.3 Å². The minimum atomic E-state index is -0.855. The van der Waals surface area contributed by atoms with Crippen molar-refractivity contribution in [2.75, 3.05) is 11.5 Å². The maximum Gasteiger partial charge on any atom is 0.335 e. The molecule has 1 aliphatic heterocycles. The molecule has 0 bridgehead atoms. The zero-order chi connectivity index (χ0) is 22.0. The van der Waals surface area contributed by atoms with Crippen molar-refractivity contribution in [1.82, 2.24) is 5.32 Å². The lowest BCUT2D eigenvalue weighted by molar-refractivity contribution is -0.122. The number of rotatable bonds is 5. The first-order valence-electron chi connectivity index (χ1n) is 9.03. The molecule has 6 nitrogen and oxygen atoms in total. The van der Waals surface area contributed by atoms with Crippen LogP contribution in [0.2, 0.25) is 15.1 Å². The Morgan fingerprint density at radius 3 is 2.37 bits per heavy atom. The predicted molar refractivity (Wildman–Crippen MR) is 117 cm³/mol. The van der Waals surface area contributed by atoms with Gasteiger partial charge in [0.25, 0.3) is 11.8 Å². The van der Waals surface area contributed by atoms with E-state index in [2.05, 4.69) is 5.32 Å². The average Bonchev–Trinajstić information content (AvgIpc) is 2.67. The van der Waals surface area contributed by atoms with Gasteiger partial charge in [-0.05, 0) is 54.8 Å². The van der Waals surface area contributed by atoms with Crippen LogP contribution in [0.4, 0.5) is 10.5 Å². The fraction of sp³-hybridized carbons (Fsp3) is 0.190. The quantitative estimate of drug-likeness (QED) is 0.471. The largest absolute Gasteiger partial charge is 0.490 e. The Labute approximate surface area is 188 Å². The van der Waals surface area contributed by atoms with E-state index in [1.165, 1.54) is 18.2 Å². The maximum absolute atomic E-state index is 13.0. The molecule has 1 saturated heterocycles. The lowest BCUT2D eigenvalue weighted by Gasteiger charge is -2.27. The van der Waals surface area contributed by atoms with Gasteiger partial charge in [-0.25, -0.2) is 9.69 Å². The molecule has 0 spiro atoms. The van der Waals surface area contributed by atoms with Crippen molar-refractivity contribution in [2.24, 2.45) is 0 Å². The summed E-state index contributed by atoms with van der Waals surface area (Å²) in [4.78, 5) is 38.6. The van der Waals surface area contributed by atoms with E-state index >= 15 is 0 Å². The van der Waals surface area contributed by atoms with Gasteiger partial charge in [0.05, 0.1) is 22.3 Å². The minimum absolute atomic E-state index is 0.241. The number of halogens is 3. The number of hydrogen-bond donors (Lipinski definition) is 1. The predicted octanol–water partition coefficient (Wildman–Crippen LogP) is 5.41. The second-order valence-corrected chi connectivity index (χ2v) is 7.73. The molecule has 1 fully saturated rings. The number of imide groups is 2. The average molecular weight is 468 g/mol. The van der Waals surface area contributed by atoms with Crippen LogP contribution in [0.25, 0.3) is 6.08 Å². The van der Waals surface area contributed by atoms with Gasteiger partial charge in [-0.3, -0.25) is 14.9 Å². The number of benzene rings is 2. The van der Waals surface area contributed by atoms with Crippen molar-refractivity contribution in [3.63, 3.8) is 0 Å². The van der Waals surface area contributed by atoms with Crippen molar-refractivity contribution in [3.05, 3.63) is 62.1 Å². The van der Waals surface area contributed by atoms with Gasteiger partial charge < -0.3 is 4.74 Å². The maximum atomic E-state index is 13.0. The zero-order valence-electron chi connectivity index (χ0n) is 16.1.